The Labute approximate surface area is 174 Å². The molecule has 152 valence electrons. The van der Waals surface area contributed by atoms with Gasteiger partial charge in [-0.1, -0.05) is 30.3 Å². The zero-order chi connectivity index (χ0) is 20.0. The summed E-state index contributed by atoms with van der Waals surface area (Å²) in [4.78, 5) is 30.1. The van der Waals surface area contributed by atoms with Crippen molar-refractivity contribution in [3.05, 3.63) is 40.9 Å². The number of aromatic nitrogens is 1. The molecule has 6 rings (SSSR count). The summed E-state index contributed by atoms with van der Waals surface area (Å²) in [6.07, 6.45) is 7.27. The van der Waals surface area contributed by atoms with Gasteiger partial charge in [0.15, 0.2) is 6.61 Å². The number of amides is 1. The third-order valence-corrected chi connectivity index (χ3v) is 7.97. The van der Waals surface area contributed by atoms with Gasteiger partial charge in [-0.05, 0) is 63.2 Å². The highest BCUT2D eigenvalue weighted by molar-refractivity contribution is 7.17. The van der Waals surface area contributed by atoms with E-state index in [2.05, 4.69) is 10.3 Å². The van der Waals surface area contributed by atoms with E-state index in [-0.39, 0.29) is 18.1 Å². The van der Waals surface area contributed by atoms with Gasteiger partial charge in [0.2, 0.25) is 0 Å². The summed E-state index contributed by atoms with van der Waals surface area (Å²) < 4.78 is 5.35. The average molecular weight is 411 g/mol. The van der Waals surface area contributed by atoms with Crippen molar-refractivity contribution in [1.29, 1.82) is 0 Å². The number of hydrogen-bond acceptors (Lipinski definition) is 5. The number of ether oxygens (including phenoxy) is 1. The normalized spacial score (nSPS) is 29.6. The Bertz CT molecular complexity index is 902. The maximum atomic E-state index is 12.6. The van der Waals surface area contributed by atoms with Crippen LogP contribution in [0.2, 0.25) is 0 Å². The molecule has 1 aromatic heterocycles. The van der Waals surface area contributed by atoms with E-state index in [9.17, 15) is 9.59 Å². The SMILES string of the molecule is Cc1nc(-c2ccccc2)sc1C(=O)OCC(=O)NC12CC3CC(CC(C3)C1)C2. The molecule has 4 aliphatic rings. The van der Waals surface area contributed by atoms with E-state index in [4.69, 9.17) is 4.74 Å². The van der Waals surface area contributed by atoms with Crippen LogP contribution in [0.25, 0.3) is 10.6 Å². The summed E-state index contributed by atoms with van der Waals surface area (Å²) >= 11 is 1.31. The lowest BCUT2D eigenvalue weighted by Crippen LogP contribution is -2.60. The predicted octanol–water partition coefficient (Wildman–Crippen LogP) is 4.36. The number of esters is 1. The van der Waals surface area contributed by atoms with Crippen molar-refractivity contribution < 1.29 is 14.3 Å². The van der Waals surface area contributed by atoms with Gasteiger partial charge in [0, 0.05) is 11.1 Å². The second-order valence-corrected chi connectivity index (χ2v) is 10.1. The van der Waals surface area contributed by atoms with E-state index in [0.717, 1.165) is 47.6 Å². The lowest BCUT2D eigenvalue weighted by Gasteiger charge is -2.56. The number of rotatable bonds is 5. The second-order valence-electron chi connectivity index (χ2n) is 9.12. The van der Waals surface area contributed by atoms with Crippen molar-refractivity contribution in [2.24, 2.45) is 17.8 Å². The monoisotopic (exact) mass is 410 g/mol. The van der Waals surface area contributed by atoms with Gasteiger partial charge in [0.05, 0.1) is 5.69 Å². The molecule has 5 nitrogen and oxygen atoms in total. The van der Waals surface area contributed by atoms with Gasteiger partial charge in [-0.2, -0.15) is 0 Å². The Kier molecular flexibility index (Phi) is 4.69. The van der Waals surface area contributed by atoms with Crippen LogP contribution < -0.4 is 5.32 Å². The molecule has 0 aliphatic heterocycles. The van der Waals surface area contributed by atoms with Gasteiger partial charge >= 0.3 is 5.97 Å². The van der Waals surface area contributed by atoms with Crippen molar-refractivity contribution in [3.63, 3.8) is 0 Å². The number of hydrogen-bond donors (Lipinski definition) is 1. The van der Waals surface area contributed by atoms with E-state index < -0.39 is 5.97 Å². The van der Waals surface area contributed by atoms with Crippen molar-refractivity contribution in [3.8, 4) is 10.6 Å². The maximum Gasteiger partial charge on any atom is 0.350 e. The van der Waals surface area contributed by atoms with Crippen molar-refractivity contribution in [2.45, 2.75) is 51.0 Å². The topological polar surface area (TPSA) is 68.3 Å². The molecule has 2 aromatic rings. The molecule has 4 bridgehead atoms. The molecule has 4 fully saturated rings. The summed E-state index contributed by atoms with van der Waals surface area (Å²) in [5.74, 6) is 1.65. The van der Waals surface area contributed by atoms with E-state index >= 15 is 0 Å². The highest BCUT2D eigenvalue weighted by atomic mass is 32.1. The molecule has 4 aliphatic carbocycles. The molecule has 0 radical (unpaired) electrons. The Morgan fingerprint density at radius 1 is 1.10 bits per heavy atom. The fraction of sp³-hybridized carbons (Fsp3) is 0.522. The quantitative estimate of drug-likeness (QED) is 0.744. The number of nitrogens with zero attached hydrogens (tertiary/aromatic N) is 1. The van der Waals surface area contributed by atoms with Gasteiger partial charge < -0.3 is 10.1 Å². The summed E-state index contributed by atoms with van der Waals surface area (Å²) in [5.41, 5.74) is 1.55. The molecule has 6 heteroatoms. The lowest BCUT2D eigenvalue weighted by atomic mass is 9.53. The second kappa shape index (κ2) is 7.24. The predicted molar refractivity (Wildman–Crippen MR) is 112 cm³/mol. The number of carbonyl (C=O) groups excluding carboxylic acids is 2. The van der Waals surface area contributed by atoms with Crippen LogP contribution >= 0.6 is 11.3 Å². The highest BCUT2D eigenvalue weighted by Crippen LogP contribution is 2.55. The first-order chi connectivity index (χ1) is 14.0. The minimum atomic E-state index is -0.470. The zero-order valence-corrected chi connectivity index (χ0v) is 17.5. The summed E-state index contributed by atoms with van der Waals surface area (Å²) in [7, 11) is 0. The molecule has 1 aromatic carbocycles. The van der Waals surface area contributed by atoms with Crippen LogP contribution in [0.1, 0.15) is 53.9 Å². The summed E-state index contributed by atoms with van der Waals surface area (Å²) in [6, 6.07) is 9.76. The van der Waals surface area contributed by atoms with Crippen LogP contribution in [0.15, 0.2) is 30.3 Å². The first-order valence-corrected chi connectivity index (χ1v) is 11.3. The van der Waals surface area contributed by atoms with Crippen LogP contribution in [0.5, 0.6) is 0 Å². The smallest absolute Gasteiger partial charge is 0.350 e. The third kappa shape index (κ3) is 3.70. The van der Waals surface area contributed by atoms with Crippen molar-refractivity contribution in [2.75, 3.05) is 6.61 Å². The average Bonchev–Trinajstić information content (AvgIpc) is 3.07. The Balaban J connectivity index is 1.20. The van der Waals surface area contributed by atoms with Crippen LogP contribution in [0, 0.1) is 24.7 Å². The van der Waals surface area contributed by atoms with E-state index in [0.29, 0.717) is 10.6 Å². The molecular weight excluding hydrogens is 384 g/mol. The molecule has 1 heterocycles. The molecule has 0 spiro atoms. The summed E-state index contributed by atoms with van der Waals surface area (Å²) in [6.45, 7) is 1.58. The molecule has 4 saturated carbocycles. The number of aryl methyl sites for hydroxylation is 1. The minimum absolute atomic E-state index is 0.0564. The summed E-state index contributed by atoms with van der Waals surface area (Å²) in [5, 5.41) is 4.03. The standard InChI is InChI=1S/C23H26N2O3S/c1-14-20(29-21(24-14)18-5-3-2-4-6-18)22(27)28-13-19(26)25-23-10-15-7-16(11-23)9-17(8-15)12-23/h2-6,15-17H,7-13H2,1H3,(H,25,26). The largest absolute Gasteiger partial charge is 0.451 e. The Morgan fingerprint density at radius 2 is 1.72 bits per heavy atom. The zero-order valence-electron chi connectivity index (χ0n) is 16.6. The molecule has 1 N–H and O–H groups in total. The van der Waals surface area contributed by atoms with Crippen LogP contribution in [-0.4, -0.2) is 29.0 Å². The van der Waals surface area contributed by atoms with Gasteiger partial charge in [-0.25, -0.2) is 9.78 Å². The van der Waals surface area contributed by atoms with Crippen molar-refractivity contribution in [1.82, 2.24) is 10.3 Å². The maximum absolute atomic E-state index is 12.6. The molecule has 0 unspecified atom stereocenters. The number of nitrogens with one attached hydrogen (secondary N) is 1. The number of benzene rings is 1. The third-order valence-electron chi connectivity index (χ3n) is 6.78. The number of carbonyl (C=O) groups is 2. The Hall–Kier alpha value is -2.21. The van der Waals surface area contributed by atoms with Crippen LogP contribution in [0.4, 0.5) is 0 Å². The first kappa shape index (κ1) is 18.8. The van der Waals surface area contributed by atoms with Crippen LogP contribution in [-0.2, 0) is 9.53 Å². The first-order valence-electron chi connectivity index (χ1n) is 10.5. The lowest BCUT2D eigenvalue weighted by molar-refractivity contribution is -0.130. The van der Waals surface area contributed by atoms with E-state index in [1.165, 1.54) is 30.6 Å². The van der Waals surface area contributed by atoms with E-state index in [1.807, 2.05) is 30.3 Å². The molecular formula is C23H26N2O3S. The fourth-order valence-corrected chi connectivity index (χ4v) is 7.05. The highest BCUT2D eigenvalue weighted by Gasteiger charge is 2.51. The molecule has 29 heavy (non-hydrogen) atoms. The minimum Gasteiger partial charge on any atom is -0.451 e. The molecule has 1 amide bonds. The van der Waals surface area contributed by atoms with Gasteiger partial charge in [0.25, 0.3) is 5.91 Å². The number of thiazole rings is 1. The molecule has 0 saturated heterocycles. The van der Waals surface area contributed by atoms with E-state index in [1.54, 1.807) is 6.92 Å². The van der Waals surface area contributed by atoms with Crippen LogP contribution in [0.3, 0.4) is 0 Å². The van der Waals surface area contributed by atoms with Crippen molar-refractivity contribution >= 4 is 23.2 Å². The van der Waals surface area contributed by atoms with Gasteiger partial charge in [-0.15, -0.1) is 11.3 Å². The van der Waals surface area contributed by atoms with Gasteiger partial charge in [0.1, 0.15) is 9.88 Å². The van der Waals surface area contributed by atoms with Gasteiger partial charge in [-0.3, -0.25) is 4.79 Å². The Morgan fingerprint density at radius 3 is 2.34 bits per heavy atom. The fourth-order valence-electron chi connectivity index (χ4n) is 6.08. The molecule has 0 atom stereocenters.